The van der Waals surface area contributed by atoms with Crippen LogP contribution in [0.2, 0.25) is 0 Å². The average molecular weight is 294 g/mol. The highest BCUT2D eigenvalue weighted by Gasteiger charge is 2.18. The van der Waals surface area contributed by atoms with Crippen LogP contribution < -0.4 is 0 Å². The van der Waals surface area contributed by atoms with Crippen molar-refractivity contribution >= 4 is 21.6 Å². The fraction of sp³-hybridized carbons (Fsp3) is 0. The number of benzene rings is 2. The predicted molar refractivity (Wildman–Crippen MR) is 67.9 cm³/mol. The molecule has 4 nitrogen and oxygen atoms in total. The summed E-state index contributed by atoms with van der Waals surface area (Å²) in [5.41, 5.74) is 1.23. The first kappa shape index (κ1) is 11.6. The molecule has 0 saturated heterocycles. The van der Waals surface area contributed by atoms with Gasteiger partial charge in [-0.05, 0) is 33.1 Å². The summed E-state index contributed by atoms with van der Waals surface area (Å²) >= 11 is 3.11. The van der Waals surface area contributed by atoms with Crippen molar-refractivity contribution in [1.82, 2.24) is 0 Å². The highest BCUT2D eigenvalue weighted by Crippen LogP contribution is 2.38. The molecule has 0 bridgehead atoms. The Hall–Kier alpha value is -1.88. The Bertz CT molecular complexity index is 569. The number of hydrogen-bond donors (Lipinski definition) is 1. The normalized spacial score (nSPS) is 10.2. The van der Waals surface area contributed by atoms with E-state index in [4.69, 9.17) is 0 Å². The van der Waals surface area contributed by atoms with Gasteiger partial charge in [0.15, 0.2) is 0 Å². The van der Waals surface area contributed by atoms with Gasteiger partial charge in [0.05, 0.1) is 9.40 Å². The number of hydrogen-bond acceptors (Lipinski definition) is 3. The molecule has 0 unspecified atom stereocenters. The summed E-state index contributed by atoms with van der Waals surface area (Å²) < 4.78 is 0.311. The van der Waals surface area contributed by atoms with Gasteiger partial charge in [0.25, 0.3) is 0 Å². The molecule has 0 aliphatic carbocycles. The molecule has 5 heteroatoms. The minimum Gasteiger partial charge on any atom is -0.501 e. The Morgan fingerprint density at radius 3 is 2.35 bits per heavy atom. The first-order valence-corrected chi connectivity index (χ1v) is 5.61. The van der Waals surface area contributed by atoms with Crippen LogP contribution in [0, 0.1) is 10.1 Å². The highest BCUT2D eigenvalue weighted by atomic mass is 79.9. The topological polar surface area (TPSA) is 63.4 Å². The summed E-state index contributed by atoms with van der Waals surface area (Å²) in [6, 6.07) is 12.3. The first-order valence-electron chi connectivity index (χ1n) is 4.82. The standard InChI is InChI=1S/C12H8BrNO3/c13-10-6-9(8-4-2-1-3-5-8)7-11(12(10)15)14(16)17/h1-7,15H. The highest BCUT2D eigenvalue weighted by molar-refractivity contribution is 9.10. The van der Waals surface area contributed by atoms with E-state index in [1.165, 1.54) is 6.07 Å². The smallest absolute Gasteiger partial charge is 0.312 e. The number of nitro groups is 1. The van der Waals surface area contributed by atoms with Crippen LogP contribution >= 0.6 is 15.9 Å². The molecule has 86 valence electrons. The average Bonchev–Trinajstić information content (AvgIpc) is 2.33. The van der Waals surface area contributed by atoms with E-state index in [9.17, 15) is 15.2 Å². The number of phenols is 1. The lowest BCUT2D eigenvalue weighted by molar-refractivity contribution is -0.385. The Labute approximate surface area is 106 Å². The van der Waals surface area contributed by atoms with E-state index in [2.05, 4.69) is 15.9 Å². The summed E-state index contributed by atoms with van der Waals surface area (Å²) in [5.74, 6) is -0.352. The molecule has 0 aliphatic heterocycles. The number of halogens is 1. The third-order valence-corrected chi connectivity index (χ3v) is 2.95. The number of nitro benzene ring substituents is 1. The summed E-state index contributed by atoms with van der Waals surface area (Å²) in [7, 11) is 0. The van der Waals surface area contributed by atoms with Crippen LogP contribution in [0.5, 0.6) is 5.75 Å². The van der Waals surface area contributed by atoms with Crippen molar-refractivity contribution in [1.29, 1.82) is 0 Å². The maximum Gasteiger partial charge on any atom is 0.312 e. The van der Waals surface area contributed by atoms with Gasteiger partial charge in [0.2, 0.25) is 5.75 Å². The van der Waals surface area contributed by atoms with Crippen LogP contribution in [0.4, 0.5) is 5.69 Å². The summed E-state index contributed by atoms with van der Waals surface area (Å²) in [4.78, 5) is 10.2. The lowest BCUT2D eigenvalue weighted by Crippen LogP contribution is -1.90. The third kappa shape index (κ3) is 2.29. The summed E-state index contributed by atoms with van der Waals surface area (Å²) in [6.45, 7) is 0. The Morgan fingerprint density at radius 1 is 1.12 bits per heavy atom. The minimum atomic E-state index is -0.605. The fourth-order valence-corrected chi connectivity index (χ4v) is 1.97. The van der Waals surface area contributed by atoms with Crippen LogP contribution in [0.15, 0.2) is 46.9 Å². The molecule has 0 spiro atoms. The molecule has 2 rings (SSSR count). The lowest BCUT2D eigenvalue weighted by atomic mass is 10.1. The van der Waals surface area contributed by atoms with Gasteiger partial charge in [0, 0.05) is 6.07 Å². The zero-order valence-electron chi connectivity index (χ0n) is 8.63. The van der Waals surface area contributed by atoms with E-state index in [0.717, 1.165) is 5.56 Å². The van der Waals surface area contributed by atoms with E-state index in [1.54, 1.807) is 6.07 Å². The monoisotopic (exact) mass is 293 g/mol. The number of rotatable bonds is 2. The molecule has 2 aromatic carbocycles. The van der Waals surface area contributed by atoms with Gasteiger partial charge in [0.1, 0.15) is 0 Å². The molecule has 0 amide bonds. The molecule has 2 aromatic rings. The molecule has 0 fully saturated rings. The SMILES string of the molecule is O=[N+]([O-])c1cc(-c2ccccc2)cc(Br)c1O. The van der Waals surface area contributed by atoms with E-state index in [0.29, 0.717) is 10.0 Å². The first-order chi connectivity index (χ1) is 8.09. The van der Waals surface area contributed by atoms with Crippen molar-refractivity contribution in [3.8, 4) is 16.9 Å². The summed E-state index contributed by atoms with van der Waals surface area (Å²) in [6.07, 6.45) is 0. The molecule has 17 heavy (non-hydrogen) atoms. The molecule has 1 N–H and O–H groups in total. The predicted octanol–water partition coefficient (Wildman–Crippen LogP) is 3.73. The van der Waals surface area contributed by atoms with Crippen molar-refractivity contribution in [2.45, 2.75) is 0 Å². The molecule has 0 atom stereocenters. The molecule has 0 radical (unpaired) electrons. The van der Waals surface area contributed by atoms with Crippen LogP contribution in [-0.2, 0) is 0 Å². The number of nitrogens with zero attached hydrogens (tertiary/aromatic N) is 1. The molecular weight excluding hydrogens is 286 g/mol. The van der Waals surface area contributed by atoms with Gasteiger partial charge in [-0.25, -0.2) is 0 Å². The Morgan fingerprint density at radius 2 is 1.76 bits per heavy atom. The van der Waals surface area contributed by atoms with E-state index in [1.807, 2.05) is 30.3 Å². The fourth-order valence-electron chi connectivity index (χ4n) is 1.52. The van der Waals surface area contributed by atoms with Crippen molar-refractivity contribution in [3.63, 3.8) is 0 Å². The van der Waals surface area contributed by atoms with Crippen LogP contribution in [0.1, 0.15) is 0 Å². The quantitative estimate of drug-likeness (QED) is 0.678. The van der Waals surface area contributed by atoms with Crippen molar-refractivity contribution in [2.75, 3.05) is 0 Å². The van der Waals surface area contributed by atoms with Crippen LogP contribution in [-0.4, -0.2) is 10.0 Å². The van der Waals surface area contributed by atoms with Gasteiger partial charge in [-0.2, -0.15) is 0 Å². The van der Waals surface area contributed by atoms with Crippen LogP contribution in [0.25, 0.3) is 11.1 Å². The minimum absolute atomic E-state index is 0.307. The van der Waals surface area contributed by atoms with Gasteiger partial charge in [-0.3, -0.25) is 10.1 Å². The lowest BCUT2D eigenvalue weighted by Gasteiger charge is -2.04. The van der Waals surface area contributed by atoms with Crippen molar-refractivity contribution in [3.05, 3.63) is 57.1 Å². The van der Waals surface area contributed by atoms with E-state index < -0.39 is 4.92 Å². The van der Waals surface area contributed by atoms with E-state index >= 15 is 0 Å². The Kier molecular flexibility index (Phi) is 3.10. The molecule has 0 saturated carbocycles. The zero-order valence-corrected chi connectivity index (χ0v) is 10.2. The second-order valence-corrected chi connectivity index (χ2v) is 4.30. The number of phenolic OH excluding ortho intramolecular Hbond substituents is 1. The second-order valence-electron chi connectivity index (χ2n) is 3.45. The van der Waals surface area contributed by atoms with Gasteiger partial charge in [-0.1, -0.05) is 30.3 Å². The van der Waals surface area contributed by atoms with Gasteiger partial charge >= 0.3 is 5.69 Å². The number of aromatic hydroxyl groups is 1. The van der Waals surface area contributed by atoms with Gasteiger partial charge in [-0.15, -0.1) is 0 Å². The maximum atomic E-state index is 10.8. The Balaban J connectivity index is 2.61. The van der Waals surface area contributed by atoms with Crippen LogP contribution in [0.3, 0.4) is 0 Å². The molecular formula is C12H8BrNO3. The van der Waals surface area contributed by atoms with Crippen molar-refractivity contribution in [2.24, 2.45) is 0 Å². The van der Waals surface area contributed by atoms with Gasteiger partial charge < -0.3 is 5.11 Å². The van der Waals surface area contributed by atoms with Crippen molar-refractivity contribution < 1.29 is 10.0 Å². The molecule has 0 heterocycles. The zero-order chi connectivity index (χ0) is 12.4. The maximum absolute atomic E-state index is 10.8. The second kappa shape index (κ2) is 4.55. The van der Waals surface area contributed by atoms with E-state index in [-0.39, 0.29) is 11.4 Å². The third-order valence-electron chi connectivity index (χ3n) is 2.35. The molecule has 0 aromatic heterocycles. The summed E-state index contributed by atoms with van der Waals surface area (Å²) in [5, 5.41) is 20.3. The largest absolute Gasteiger partial charge is 0.501 e. The molecule has 0 aliphatic rings.